The molecule has 13 nitrogen and oxygen atoms in total. The molecule has 5 atom stereocenters. The third-order valence-corrected chi connectivity index (χ3v) is 8.48. The predicted molar refractivity (Wildman–Crippen MR) is 176 cm³/mol. The summed E-state index contributed by atoms with van der Waals surface area (Å²) in [6.45, 7) is 13.9. The molecule has 0 saturated carbocycles. The molecule has 5 rings (SSSR count). The molecule has 2 aromatic carbocycles. The van der Waals surface area contributed by atoms with Crippen molar-refractivity contribution < 1.29 is 55.7 Å². The molecule has 2 saturated heterocycles. The van der Waals surface area contributed by atoms with Crippen LogP contribution in [-0.2, 0) is 33.0 Å². The van der Waals surface area contributed by atoms with E-state index in [0.717, 1.165) is 5.46 Å². The first kappa shape index (κ1) is 39.1. The van der Waals surface area contributed by atoms with Gasteiger partial charge in [-0.15, -0.1) is 13.2 Å². The molecule has 1 N–H and O–H groups in total. The summed E-state index contributed by atoms with van der Waals surface area (Å²) in [6.07, 6.45) is -6.58. The Bertz CT molecular complexity index is 1520. The number of halogens is 3. The van der Waals surface area contributed by atoms with Gasteiger partial charge in [-0.25, -0.2) is 14.5 Å². The number of carbonyl (C=O) groups excluding carboxylic acids is 1. The zero-order valence-corrected chi connectivity index (χ0v) is 29.5. The van der Waals surface area contributed by atoms with E-state index in [4.69, 9.17) is 33.0 Å². The Hall–Kier alpha value is -3.74. The number of benzene rings is 2. The van der Waals surface area contributed by atoms with E-state index in [9.17, 15) is 18.0 Å². The number of methoxy groups -OCH3 is 2. The van der Waals surface area contributed by atoms with E-state index in [2.05, 4.69) is 20.1 Å². The fourth-order valence-corrected chi connectivity index (χ4v) is 5.25. The summed E-state index contributed by atoms with van der Waals surface area (Å²) in [5, 5.41) is 6.75. The van der Waals surface area contributed by atoms with Crippen molar-refractivity contribution in [3.63, 3.8) is 0 Å². The van der Waals surface area contributed by atoms with Crippen molar-refractivity contribution in [3.8, 4) is 11.4 Å². The van der Waals surface area contributed by atoms with E-state index < -0.39 is 49.3 Å². The quantitative estimate of drug-likeness (QED) is 0.295. The van der Waals surface area contributed by atoms with Crippen molar-refractivity contribution in [1.29, 1.82) is 0 Å². The topological polar surface area (TPSA) is 134 Å². The summed E-state index contributed by atoms with van der Waals surface area (Å²) < 4.78 is 81.4. The average Bonchev–Trinajstić information content (AvgIpc) is 3.56. The van der Waals surface area contributed by atoms with Crippen LogP contribution in [0.3, 0.4) is 0 Å². The Morgan fingerprint density at radius 1 is 0.960 bits per heavy atom. The first-order valence-corrected chi connectivity index (χ1v) is 16.0. The molecule has 2 unspecified atom stereocenters. The molecule has 50 heavy (non-hydrogen) atoms. The molecule has 274 valence electrons. The minimum Gasteiger partial charge on any atom is -0.416 e. The fourth-order valence-electron chi connectivity index (χ4n) is 5.25. The van der Waals surface area contributed by atoms with Gasteiger partial charge in [0.2, 0.25) is 6.29 Å². The predicted octanol–water partition coefficient (Wildman–Crippen LogP) is 5.19. The largest absolute Gasteiger partial charge is 0.573 e. The van der Waals surface area contributed by atoms with Gasteiger partial charge < -0.3 is 37.7 Å². The second-order valence-electron chi connectivity index (χ2n) is 12.5. The third-order valence-electron chi connectivity index (χ3n) is 8.48. The molecule has 3 heterocycles. The lowest BCUT2D eigenvalue weighted by Gasteiger charge is -2.43. The monoisotopic (exact) mass is 708 g/mol. The summed E-state index contributed by atoms with van der Waals surface area (Å²) >= 11 is 0. The highest BCUT2D eigenvalue weighted by Gasteiger charge is 2.52. The smallest absolute Gasteiger partial charge is 0.416 e. The maximum absolute atomic E-state index is 12.6. The van der Waals surface area contributed by atoms with Crippen LogP contribution in [0.1, 0.15) is 47.4 Å². The van der Waals surface area contributed by atoms with Crippen LogP contribution in [0.25, 0.3) is 5.69 Å². The van der Waals surface area contributed by atoms with Gasteiger partial charge in [0.1, 0.15) is 36.2 Å². The zero-order valence-electron chi connectivity index (χ0n) is 29.5. The van der Waals surface area contributed by atoms with Gasteiger partial charge in [0.05, 0.1) is 23.0 Å². The van der Waals surface area contributed by atoms with E-state index in [1.807, 2.05) is 53.7 Å². The molecule has 2 aliphatic heterocycles. The highest BCUT2D eigenvalue weighted by molar-refractivity contribution is 6.62. The number of carbonyl (C=O) groups is 1. The molecular weight excluding hydrogens is 664 g/mol. The van der Waals surface area contributed by atoms with Gasteiger partial charge in [-0.1, -0.05) is 12.1 Å². The number of hydrogen-bond acceptors (Lipinski definition) is 11. The number of alkyl halides is 3. The Balaban J connectivity index is 0.000000276. The maximum Gasteiger partial charge on any atom is 0.573 e. The number of aryl methyl sites for hydroxylation is 1. The summed E-state index contributed by atoms with van der Waals surface area (Å²) in [5.74, 6) is 0.318. The number of anilines is 1. The second kappa shape index (κ2) is 16.1. The van der Waals surface area contributed by atoms with Gasteiger partial charge in [-0.05, 0) is 90.3 Å². The summed E-state index contributed by atoms with van der Waals surface area (Å²) in [7, 11) is 2.63. The molecule has 3 aromatic rings. The highest BCUT2D eigenvalue weighted by atomic mass is 19.4. The number of rotatable bonds is 9. The standard InChI is InChI=1S/C23H36BNO8.C10H8F3N3O/c1-9-29-18-17(27-7)14(2)30-20(19(18)28-8)31-21(26)25-16-12-10-15(11-13-16)24-32-22(3,4)23(5,6)33-24;1-7-14-6-16(15-7)8-2-4-9(5-3-8)17-10(11,12)13/h10-14,17-20H,9H2,1-8H3,(H,25,26);2-6H,1H3/t14-,17?,18+,19+,20?;/m0./s1. The average molecular weight is 709 g/mol. The van der Waals surface area contributed by atoms with Crippen LogP contribution in [0.2, 0.25) is 0 Å². The van der Waals surface area contributed by atoms with Gasteiger partial charge in [0.25, 0.3) is 0 Å². The van der Waals surface area contributed by atoms with Gasteiger partial charge in [0.15, 0.2) is 0 Å². The molecule has 1 aromatic heterocycles. The Labute approximate surface area is 289 Å². The van der Waals surface area contributed by atoms with E-state index in [1.54, 1.807) is 26.2 Å². The first-order chi connectivity index (χ1) is 23.5. The molecule has 1 amide bonds. The number of nitrogens with zero attached hydrogens (tertiary/aromatic N) is 3. The third kappa shape index (κ3) is 9.73. The summed E-state index contributed by atoms with van der Waals surface area (Å²) in [6, 6.07) is 12.6. The summed E-state index contributed by atoms with van der Waals surface area (Å²) in [5.41, 5.74) is 1.19. The Morgan fingerprint density at radius 3 is 2.06 bits per heavy atom. The van der Waals surface area contributed by atoms with Gasteiger partial charge in [0, 0.05) is 26.5 Å². The molecule has 0 radical (unpaired) electrons. The molecule has 2 fully saturated rings. The van der Waals surface area contributed by atoms with Crippen LogP contribution in [-0.4, -0.2) is 97.1 Å². The zero-order chi connectivity index (χ0) is 36.9. The first-order valence-electron chi connectivity index (χ1n) is 16.0. The van der Waals surface area contributed by atoms with Crippen molar-refractivity contribution in [2.75, 3.05) is 26.1 Å². The number of aromatic nitrogens is 3. The lowest BCUT2D eigenvalue weighted by Crippen LogP contribution is -2.60. The lowest BCUT2D eigenvalue weighted by molar-refractivity contribution is -0.292. The van der Waals surface area contributed by atoms with E-state index in [1.165, 1.54) is 42.4 Å². The molecular formula is C33H44BF3N4O9. The van der Waals surface area contributed by atoms with Gasteiger partial charge in [-0.3, -0.25) is 5.32 Å². The van der Waals surface area contributed by atoms with Crippen molar-refractivity contribution >= 4 is 24.4 Å². The minimum atomic E-state index is -4.68. The van der Waals surface area contributed by atoms with E-state index >= 15 is 0 Å². The maximum atomic E-state index is 12.6. The molecule has 0 bridgehead atoms. The molecule has 17 heteroatoms. The fraction of sp³-hybridized carbons (Fsp3) is 0.545. The highest BCUT2D eigenvalue weighted by Crippen LogP contribution is 2.36. The summed E-state index contributed by atoms with van der Waals surface area (Å²) in [4.78, 5) is 16.5. The van der Waals surface area contributed by atoms with Crippen molar-refractivity contribution in [2.24, 2.45) is 0 Å². The van der Waals surface area contributed by atoms with Crippen molar-refractivity contribution in [2.45, 2.75) is 96.7 Å². The van der Waals surface area contributed by atoms with Crippen LogP contribution in [0.4, 0.5) is 23.7 Å². The normalized spacial score (nSPS) is 24.2. The van der Waals surface area contributed by atoms with E-state index in [0.29, 0.717) is 23.8 Å². The van der Waals surface area contributed by atoms with Crippen LogP contribution in [0.5, 0.6) is 5.75 Å². The molecule has 2 aliphatic rings. The Kier molecular flexibility index (Phi) is 12.6. The van der Waals surface area contributed by atoms with Gasteiger partial charge in [-0.2, -0.15) is 5.10 Å². The van der Waals surface area contributed by atoms with Crippen LogP contribution in [0, 0.1) is 6.92 Å². The van der Waals surface area contributed by atoms with Crippen molar-refractivity contribution in [3.05, 3.63) is 60.7 Å². The number of hydrogen-bond donors (Lipinski definition) is 1. The molecule has 0 aliphatic carbocycles. The number of nitrogens with one attached hydrogen (secondary N) is 1. The Morgan fingerprint density at radius 2 is 1.56 bits per heavy atom. The van der Waals surface area contributed by atoms with E-state index in [-0.39, 0.29) is 18.0 Å². The van der Waals surface area contributed by atoms with Crippen molar-refractivity contribution in [1.82, 2.24) is 14.8 Å². The SMILES string of the molecule is CCO[C@@H]1C(OC)[C@H](C)OC(OC(=O)Nc2ccc(B3OC(C)(C)C(C)(C)O3)cc2)[C@@H]1OC.Cc1ncn(-c2ccc(OC(F)(F)F)cc2)n1. The second-order valence-corrected chi connectivity index (χ2v) is 12.5. The van der Waals surface area contributed by atoms with Crippen LogP contribution < -0.4 is 15.5 Å². The molecule has 0 spiro atoms. The van der Waals surface area contributed by atoms with Crippen LogP contribution in [0.15, 0.2) is 54.9 Å². The number of amides is 1. The lowest BCUT2D eigenvalue weighted by atomic mass is 9.79. The number of ether oxygens (including phenoxy) is 6. The van der Waals surface area contributed by atoms with Crippen LogP contribution >= 0.6 is 0 Å². The van der Waals surface area contributed by atoms with Gasteiger partial charge >= 0.3 is 19.6 Å². The minimum absolute atomic E-state index is 0.266.